The van der Waals surface area contributed by atoms with Crippen LogP contribution in [-0.4, -0.2) is 50.3 Å². The lowest BCUT2D eigenvalue weighted by Crippen LogP contribution is -2.54. The Morgan fingerprint density at radius 3 is 2.20 bits per heavy atom. The van der Waals surface area contributed by atoms with E-state index < -0.39 is 28.5 Å². The molecule has 9 heteroatoms. The Balaban J connectivity index is 2.01. The highest BCUT2D eigenvalue weighted by atomic mass is 35.5. The van der Waals surface area contributed by atoms with Crippen LogP contribution in [0.15, 0.2) is 83.8 Å². The lowest BCUT2D eigenvalue weighted by atomic mass is 10.1. The summed E-state index contributed by atoms with van der Waals surface area (Å²) >= 11 is 6.23. The molecule has 2 atom stereocenters. The quantitative estimate of drug-likeness (QED) is 0.283. The van der Waals surface area contributed by atoms with Crippen LogP contribution in [0.2, 0.25) is 5.02 Å². The van der Waals surface area contributed by atoms with Crippen molar-refractivity contribution >= 4 is 39.1 Å². The summed E-state index contributed by atoms with van der Waals surface area (Å²) in [5.41, 5.74) is 2.19. The summed E-state index contributed by atoms with van der Waals surface area (Å²) in [5, 5.41) is 3.33. The molecule has 0 saturated heterocycles. The highest BCUT2D eigenvalue weighted by Crippen LogP contribution is 2.27. The summed E-state index contributed by atoms with van der Waals surface area (Å²) in [6, 6.07) is 21.7. The first-order valence-electron chi connectivity index (χ1n) is 13.6. The van der Waals surface area contributed by atoms with Gasteiger partial charge in [0.1, 0.15) is 12.6 Å². The van der Waals surface area contributed by atoms with Crippen molar-refractivity contribution in [2.24, 2.45) is 0 Å². The molecule has 0 aromatic heterocycles. The molecular weight excluding hydrogens is 546 g/mol. The highest BCUT2D eigenvalue weighted by molar-refractivity contribution is 7.92. The molecule has 0 aliphatic rings. The zero-order valence-corrected chi connectivity index (χ0v) is 25.1. The predicted octanol–water partition coefficient (Wildman–Crippen LogP) is 5.61. The molecule has 3 aromatic rings. The Morgan fingerprint density at radius 2 is 1.60 bits per heavy atom. The van der Waals surface area contributed by atoms with E-state index in [0.717, 1.165) is 21.9 Å². The molecule has 7 nitrogen and oxygen atoms in total. The van der Waals surface area contributed by atoms with Crippen LogP contribution in [0, 0.1) is 6.92 Å². The number of hydrogen-bond donors (Lipinski definition) is 1. The zero-order chi connectivity index (χ0) is 29.3. The smallest absolute Gasteiger partial charge is 0.264 e. The molecule has 0 spiro atoms. The first-order chi connectivity index (χ1) is 19.1. The number of nitrogens with zero attached hydrogens (tertiary/aromatic N) is 2. The number of nitrogens with one attached hydrogen (secondary N) is 1. The number of sulfonamides is 1. The number of aryl methyl sites for hydroxylation is 1. The number of halogens is 1. The maximum atomic E-state index is 14.0. The lowest BCUT2D eigenvalue weighted by molar-refractivity contribution is -0.139. The fraction of sp³-hybridized carbons (Fsp3) is 0.355. The van der Waals surface area contributed by atoms with Gasteiger partial charge in [0, 0.05) is 17.6 Å². The average molecular weight is 584 g/mol. The second kappa shape index (κ2) is 14.3. The van der Waals surface area contributed by atoms with Gasteiger partial charge in [-0.1, -0.05) is 79.5 Å². The second-order valence-corrected chi connectivity index (χ2v) is 12.2. The van der Waals surface area contributed by atoms with E-state index in [-0.39, 0.29) is 29.1 Å². The van der Waals surface area contributed by atoms with Gasteiger partial charge in [-0.2, -0.15) is 0 Å². The first-order valence-corrected chi connectivity index (χ1v) is 15.4. The predicted molar refractivity (Wildman–Crippen MR) is 161 cm³/mol. The first kappa shape index (κ1) is 31.2. The third-order valence-corrected chi connectivity index (χ3v) is 8.88. The maximum absolute atomic E-state index is 14.0. The van der Waals surface area contributed by atoms with E-state index in [4.69, 9.17) is 11.6 Å². The van der Waals surface area contributed by atoms with Crippen LogP contribution >= 0.6 is 11.6 Å². The number of rotatable bonds is 13. The van der Waals surface area contributed by atoms with Gasteiger partial charge >= 0.3 is 0 Å². The molecule has 0 fully saturated rings. The number of carbonyl (C=O) groups excluding carboxylic acids is 2. The molecule has 0 unspecified atom stereocenters. The van der Waals surface area contributed by atoms with Crippen LogP contribution < -0.4 is 9.62 Å². The zero-order valence-electron chi connectivity index (χ0n) is 23.5. The summed E-state index contributed by atoms with van der Waals surface area (Å²) in [5.74, 6) is -0.730. The third kappa shape index (κ3) is 8.08. The van der Waals surface area contributed by atoms with Gasteiger partial charge in [0.15, 0.2) is 0 Å². The molecule has 0 bridgehead atoms. The molecule has 0 aliphatic heterocycles. The van der Waals surface area contributed by atoms with Crippen LogP contribution in [-0.2, 0) is 26.0 Å². The normalized spacial score (nSPS) is 12.8. The Morgan fingerprint density at radius 1 is 0.925 bits per heavy atom. The molecule has 214 valence electrons. The molecule has 0 aliphatic carbocycles. The van der Waals surface area contributed by atoms with E-state index in [2.05, 4.69) is 5.32 Å². The van der Waals surface area contributed by atoms with Crippen LogP contribution in [0.1, 0.15) is 44.7 Å². The second-order valence-electron chi connectivity index (χ2n) is 9.87. The summed E-state index contributed by atoms with van der Waals surface area (Å²) in [4.78, 5) is 28.9. The molecule has 0 heterocycles. The monoisotopic (exact) mass is 583 g/mol. The molecule has 1 N–H and O–H groups in total. The van der Waals surface area contributed by atoms with Gasteiger partial charge in [-0.3, -0.25) is 13.9 Å². The SMILES string of the molecule is CC[C@@H](C)NC(=O)[C@H](CC)N(CCc1ccccc1)C(=O)CN(c1cccc(Cl)c1)S(=O)(=O)c1ccc(C)cc1. The topological polar surface area (TPSA) is 86.8 Å². The molecular formula is C31H38ClN3O4S. The van der Waals surface area contributed by atoms with Crippen LogP contribution in [0.25, 0.3) is 0 Å². The summed E-state index contributed by atoms with van der Waals surface area (Å²) in [6.45, 7) is 7.37. The van der Waals surface area contributed by atoms with E-state index in [1.165, 1.54) is 23.1 Å². The van der Waals surface area contributed by atoms with Crippen molar-refractivity contribution in [3.05, 3.63) is 95.0 Å². The van der Waals surface area contributed by atoms with Crippen LogP contribution in [0.5, 0.6) is 0 Å². The summed E-state index contributed by atoms with van der Waals surface area (Å²) < 4.78 is 28.8. The third-order valence-electron chi connectivity index (χ3n) is 6.86. The summed E-state index contributed by atoms with van der Waals surface area (Å²) in [6.07, 6.45) is 1.64. The number of benzene rings is 3. The van der Waals surface area contributed by atoms with E-state index in [1.807, 2.05) is 58.0 Å². The van der Waals surface area contributed by atoms with Crippen molar-refractivity contribution < 1.29 is 18.0 Å². The number of amides is 2. The van der Waals surface area contributed by atoms with E-state index in [1.54, 1.807) is 30.3 Å². The van der Waals surface area contributed by atoms with Gasteiger partial charge in [0.2, 0.25) is 11.8 Å². The van der Waals surface area contributed by atoms with Gasteiger partial charge in [-0.05, 0) is 69.0 Å². The van der Waals surface area contributed by atoms with E-state index >= 15 is 0 Å². The van der Waals surface area contributed by atoms with Crippen LogP contribution in [0.4, 0.5) is 5.69 Å². The van der Waals surface area contributed by atoms with Crippen molar-refractivity contribution in [1.29, 1.82) is 0 Å². The van der Waals surface area contributed by atoms with Crippen molar-refractivity contribution in [3.63, 3.8) is 0 Å². The fourth-order valence-corrected chi connectivity index (χ4v) is 5.92. The maximum Gasteiger partial charge on any atom is 0.264 e. The summed E-state index contributed by atoms with van der Waals surface area (Å²) in [7, 11) is -4.13. The standard InChI is InChI=1S/C31H38ClN3O4S/c1-5-24(4)33-31(37)29(6-2)34(20-19-25-11-8-7-9-12-25)30(36)22-35(27-14-10-13-26(32)21-27)40(38,39)28-17-15-23(3)16-18-28/h7-18,21,24,29H,5-6,19-20,22H2,1-4H3,(H,33,37)/t24-,29+/m1/s1. The van der Waals surface area contributed by atoms with Crippen molar-refractivity contribution in [2.75, 3.05) is 17.4 Å². The molecule has 0 radical (unpaired) electrons. The van der Waals surface area contributed by atoms with E-state index in [9.17, 15) is 18.0 Å². The Labute approximate surface area is 243 Å². The van der Waals surface area contributed by atoms with Gasteiger partial charge in [0.25, 0.3) is 10.0 Å². The Kier molecular flexibility index (Phi) is 11.2. The molecule has 0 saturated carbocycles. The number of hydrogen-bond acceptors (Lipinski definition) is 4. The molecule has 3 aromatic carbocycles. The van der Waals surface area contributed by atoms with Gasteiger partial charge in [-0.25, -0.2) is 8.42 Å². The van der Waals surface area contributed by atoms with Gasteiger partial charge in [0.05, 0.1) is 10.6 Å². The van der Waals surface area contributed by atoms with Gasteiger partial charge in [-0.15, -0.1) is 0 Å². The Bertz CT molecular complexity index is 1380. The molecule has 40 heavy (non-hydrogen) atoms. The minimum Gasteiger partial charge on any atom is -0.352 e. The molecule has 2 amide bonds. The number of anilines is 1. The lowest BCUT2D eigenvalue weighted by Gasteiger charge is -2.33. The minimum absolute atomic E-state index is 0.0579. The highest BCUT2D eigenvalue weighted by Gasteiger charge is 2.33. The molecule has 3 rings (SSSR count). The van der Waals surface area contributed by atoms with Crippen molar-refractivity contribution in [2.45, 2.75) is 63.9 Å². The average Bonchev–Trinajstić information content (AvgIpc) is 2.94. The van der Waals surface area contributed by atoms with Crippen molar-refractivity contribution in [1.82, 2.24) is 10.2 Å². The van der Waals surface area contributed by atoms with E-state index in [0.29, 0.717) is 17.9 Å². The van der Waals surface area contributed by atoms with Crippen LogP contribution in [0.3, 0.4) is 0 Å². The largest absolute Gasteiger partial charge is 0.352 e. The Hall–Kier alpha value is -3.36. The van der Waals surface area contributed by atoms with Crippen molar-refractivity contribution in [3.8, 4) is 0 Å². The number of carbonyl (C=O) groups is 2. The minimum atomic E-state index is -4.13. The fourth-order valence-electron chi connectivity index (χ4n) is 4.33. The van der Waals surface area contributed by atoms with Gasteiger partial charge < -0.3 is 10.2 Å².